The van der Waals surface area contributed by atoms with E-state index in [1.165, 1.54) is 42.6 Å². The van der Waals surface area contributed by atoms with Crippen molar-refractivity contribution in [3.63, 3.8) is 0 Å². The predicted octanol–water partition coefficient (Wildman–Crippen LogP) is 10.8. The first-order valence-corrected chi connectivity index (χ1v) is 29.8. The number of pyridine rings is 1. The summed E-state index contributed by atoms with van der Waals surface area (Å²) < 4.78 is 97.3. The van der Waals surface area contributed by atoms with Crippen LogP contribution in [-0.4, -0.2) is 71.2 Å². The standard InChI is InChI=1S/C22H21FN2O2S.C19H20N4O2.C18H17N3O4S2/c1-15(2)28(26,27)19-11-9-18(10-12-19)21-14-24-16(3)22(25-21)20(23)13-17-7-5-4-6-8-17;1-13(2)23-11-15(8-9-17(23)24)16-10-21-18(20)19(22-16)25-12-14-6-4-3-5-7-14;1-13-18(21-27(24,25)16-6-4-3-5-7-16)20-17(12-19-13)14-8-10-15(11-9-14)26(2,22)23/h4-15H,1-3H3;3-11,13H,12H2,1-2H3,(H2,20,21);3-12H,1-2H3,(H,20,21)/b20-13-;;. The van der Waals surface area contributed by atoms with Gasteiger partial charge in [-0.05, 0) is 101 Å². The third-order valence-electron chi connectivity index (χ3n) is 12.0. The topological polar surface area (TPSA) is 249 Å². The molecule has 0 saturated heterocycles. The van der Waals surface area contributed by atoms with E-state index in [1.54, 1.807) is 124 Å². The van der Waals surface area contributed by atoms with E-state index in [4.69, 9.17) is 10.5 Å². The van der Waals surface area contributed by atoms with Crippen molar-refractivity contribution in [3.05, 3.63) is 215 Å². The first-order valence-electron chi connectivity index (χ1n) is 24.8. The Morgan fingerprint density at radius 1 is 0.625 bits per heavy atom. The highest BCUT2D eigenvalue weighted by atomic mass is 32.2. The van der Waals surface area contributed by atoms with Crippen molar-refractivity contribution in [2.75, 3.05) is 16.7 Å². The van der Waals surface area contributed by atoms with Crippen LogP contribution in [0.4, 0.5) is 16.0 Å². The van der Waals surface area contributed by atoms with Crippen LogP contribution in [0.5, 0.6) is 5.88 Å². The highest BCUT2D eigenvalue weighted by molar-refractivity contribution is 7.92. The number of nitrogen functional groups attached to an aromatic ring is 1. The van der Waals surface area contributed by atoms with Gasteiger partial charge in [-0.15, -0.1) is 0 Å². The van der Waals surface area contributed by atoms with Gasteiger partial charge in [-0.2, -0.15) is 0 Å². The van der Waals surface area contributed by atoms with Crippen LogP contribution in [-0.2, 0) is 36.3 Å². The number of hydrogen-bond acceptors (Lipinski definition) is 15. The Labute approximate surface area is 465 Å². The average molecular weight is 1140 g/mol. The van der Waals surface area contributed by atoms with Crippen LogP contribution in [0.2, 0.25) is 0 Å². The number of rotatable bonds is 15. The van der Waals surface area contributed by atoms with Crippen molar-refractivity contribution in [2.24, 2.45) is 0 Å². The summed E-state index contributed by atoms with van der Waals surface area (Å²) in [5.41, 5.74) is 12.2. The Hall–Kier alpha value is -8.79. The van der Waals surface area contributed by atoms with Crippen molar-refractivity contribution in [2.45, 2.75) is 74.1 Å². The van der Waals surface area contributed by atoms with Crippen LogP contribution < -0.4 is 20.8 Å². The maximum absolute atomic E-state index is 14.8. The largest absolute Gasteiger partial charge is 0.470 e. The minimum Gasteiger partial charge on any atom is -0.470 e. The number of nitrogens with two attached hydrogens (primary N) is 1. The summed E-state index contributed by atoms with van der Waals surface area (Å²) in [7, 11) is -10.4. The van der Waals surface area contributed by atoms with Gasteiger partial charge in [0.1, 0.15) is 12.3 Å². The zero-order valence-corrected chi connectivity index (χ0v) is 47.2. The van der Waals surface area contributed by atoms with Gasteiger partial charge in [-0.3, -0.25) is 19.5 Å². The lowest BCUT2D eigenvalue weighted by molar-refractivity contribution is 0.295. The van der Waals surface area contributed by atoms with Crippen LogP contribution in [0.25, 0.3) is 45.7 Å². The van der Waals surface area contributed by atoms with Crippen molar-refractivity contribution in [1.82, 2.24) is 34.5 Å². The molecular formula is C59H58FN9O8S3. The summed E-state index contributed by atoms with van der Waals surface area (Å²) >= 11 is 0. The molecule has 0 aliphatic carbocycles. The maximum atomic E-state index is 14.8. The molecule has 0 spiro atoms. The Balaban J connectivity index is 0.000000174. The fourth-order valence-corrected chi connectivity index (χ4v) is 10.2. The summed E-state index contributed by atoms with van der Waals surface area (Å²) in [6, 6.07) is 42.7. The Morgan fingerprint density at radius 3 is 1.71 bits per heavy atom. The molecule has 0 aliphatic rings. The zero-order chi connectivity index (χ0) is 57.8. The summed E-state index contributed by atoms with van der Waals surface area (Å²) in [6.07, 6.45) is 8.96. The molecule has 0 saturated carbocycles. The van der Waals surface area contributed by atoms with Crippen molar-refractivity contribution >= 4 is 53.2 Å². The molecule has 0 atom stereocenters. The number of anilines is 2. The van der Waals surface area contributed by atoms with E-state index in [0.29, 0.717) is 46.2 Å². The number of nitrogens with one attached hydrogen (secondary N) is 1. The van der Waals surface area contributed by atoms with Crippen LogP contribution in [0.1, 0.15) is 61.9 Å². The Bertz CT molecular complexity index is 4040. The fraction of sp³-hybridized carbons (Fsp3) is 0.169. The number of aromatic nitrogens is 7. The smallest absolute Gasteiger partial charge is 0.263 e. The van der Waals surface area contributed by atoms with Gasteiger partial charge in [0.05, 0.1) is 67.0 Å². The molecule has 4 aromatic heterocycles. The molecule has 5 aromatic carbocycles. The number of halogens is 1. The monoisotopic (exact) mass is 1140 g/mol. The third kappa shape index (κ3) is 15.3. The molecule has 9 rings (SSSR count). The molecule has 9 aromatic rings. The minimum atomic E-state index is -3.79. The molecule has 80 heavy (non-hydrogen) atoms. The first kappa shape index (κ1) is 58.9. The highest BCUT2D eigenvalue weighted by Crippen LogP contribution is 2.28. The quantitative estimate of drug-likeness (QED) is 0.0968. The lowest BCUT2D eigenvalue weighted by Gasteiger charge is -2.12. The summed E-state index contributed by atoms with van der Waals surface area (Å²) in [6.45, 7) is 10.9. The van der Waals surface area contributed by atoms with Gasteiger partial charge < -0.3 is 15.0 Å². The van der Waals surface area contributed by atoms with Gasteiger partial charge in [-0.25, -0.2) is 49.6 Å². The number of ether oxygens (including phenoxy) is 1. The second kappa shape index (κ2) is 25.8. The molecule has 0 radical (unpaired) electrons. The second-order valence-corrected chi connectivity index (χ2v) is 24.8. The third-order valence-corrected chi connectivity index (χ3v) is 16.6. The fourth-order valence-electron chi connectivity index (χ4n) is 7.42. The second-order valence-electron chi connectivity index (χ2n) is 18.6. The van der Waals surface area contributed by atoms with Crippen LogP contribution >= 0.6 is 0 Å². The summed E-state index contributed by atoms with van der Waals surface area (Å²) in [5.74, 6) is 0.154. The molecule has 412 valence electrons. The normalized spacial score (nSPS) is 11.8. The van der Waals surface area contributed by atoms with E-state index in [2.05, 4.69) is 34.6 Å². The molecule has 3 N–H and O–H groups in total. The van der Waals surface area contributed by atoms with Gasteiger partial charge in [0.15, 0.2) is 37.1 Å². The summed E-state index contributed by atoms with van der Waals surface area (Å²) in [5, 5.41) is -0.499. The zero-order valence-electron chi connectivity index (χ0n) is 44.8. The number of sulfone groups is 2. The highest BCUT2D eigenvalue weighted by Gasteiger charge is 2.21. The van der Waals surface area contributed by atoms with Gasteiger partial charge in [0.25, 0.3) is 21.5 Å². The SMILES string of the molecule is CC(C)n1cc(-c2cnc(N)c(OCc3ccccc3)n2)ccc1=O.Cc1ncc(-c2ccc(S(=O)(=O)C(C)C)cc2)nc1/C(F)=C/c1ccccc1.Cc1ncc(-c2ccc(S(C)(=O)=O)cc2)nc1NS(=O)(=O)c1ccccc1. The molecule has 0 aliphatic heterocycles. The predicted molar refractivity (Wildman–Crippen MR) is 310 cm³/mol. The minimum absolute atomic E-state index is 0.0531. The van der Waals surface area contributed by atoms with Crippen LogP contribution in [0.3, 0.4) is 0 Å². The summed E-state index contributed by atoms with van der Waals surface area (Å²) in [4.78, 5) is 38.3. The van der Waals surface area contributed by atoms with E-state index >= 15 is 0 Å². The lowest BCUT2D eigenvalue weighted by atomic mass is 10.1. The molecule has 17 nitrogen and oxygen atoms in total. The molecule has 0 unspecified atom stereocenters. The number of nitrogens with zero attached hydrogens (tertiary/aromatic N) is 7. The van der Waals surface area contributed by atoms with E-state index in [9.17, 15) is 34.4 Å². The van der Waals surface area contributed by atoms with Gasteiger partial charge in [0, 0.05) is 41.3 Å². The maximum Gasteiger partial charge on any atom is 0.263 e. The van der Waals surface area contributed by atoms with Crippen LogP contribution in [0.15, 0.2) is 196 Å². The Morgan fingerprint density at radius 2 is 1.14 bits per heavy atom. The van der Waals surface area contributed by atoms with Crippen molar-refractivity contribution < 1.29 is 34.4 Å². The molecule has 4 heterocycles. The van der Waals surface area contributed by atoms with E-state index in [-0.39, 0.29) is 49.5 Å². The number of aryl methyl sites for hydroxylation is 2. The van der Waals surface area contributed by atoms with Gasteiger partial charge in [-0.1, -0.05) is 103 Å². The number of hydrogen-bond donors (Lipinski definition) is 2. The van der Waals surface area contributed by atoms with Gasteiger partial charge >= 0.3 is 0 Å². The number of sulfonamides is 1. The molecular weight excluding hydrogens is 1080 g/mol. The van der Waals surface area contributed by atoms with E-state index in [0.717, 1.165) is 22.9 Å². The molecule has 0 bridgehead atoms. The van der Waals surface area contributed by atoms with Crippen molar-refractivity contribution in [1.29, 1.82) is 0 Å². The van der Waals surface area contributed by atoms with Gasteiger partial charge in [0.2, 0.25) is 0 Å². The molecule has 0 amide bonds. The Kier molecular flexibility index (Phi) is 19.0. The lowest BCUT2D eigenvalue weighted by Crippen LogP contribution is -2.20. The molecule has 0 fully saturated rings. The van der Waals surface area contributed by atoms with Crippen LogP contribution in [0, 0.1) is 13.8 Å². The number of benzene rings is 5. The molecule has 21 heteroatoms. The van der Waals surface area contributed by atoms with E-state index < -0.39 is 40.8 Å². The van der Waals surface area contributed by atoms with Crippen molar-refractivity contribution in [3.8, 4) is 39.7 Å². The average Bonchev–Trinajstić information content (AvgIpc) is 3.44. The first-order chi connectivity index (χ1) is 38.0. The van der Waals surface area contributed by atoms with E-state index in [1.807, 2.05) is 62.4 Å².